The largest absolute Gasteiger partial charge is 0.345 e. The predicted octanol–water partition coefficient (Wildman–Crippen LogP) is 5.82. The number of pyridine rings is 1. The molecule has 0 saturated carbocycles. The lowest BCUT2D eigenvalue weighted by Gasteiger charge is -2.20. The van der Waals surface area contributed by atoms with Crippen LogP contribution >= 0.6 is 11.6 Å². The van der Waals surface area contributed by atoms with Gasteiger partial charge >= 0.3 is 0 Å². The van der Waals surface area contributed by atoms with E-state index in [0.29, 0.717) is 17.3 Å². The minimum absolute atomic E-state index is 0. The standard InChI is InChI=1S/C25H22ClN3O3S.H2/c1-2-20(17-9-4-3-5-10-17)28-25(30)23-19(26)13-7-14-21(23)29-33(31,32)22-15-6-11-18-12-8-16-27-24(18)22;/h3-16,20,29H,2H2,1H3,(H,28,30);1H/t20-;/m0./s1. The summed E-state index contributed by atoms with van der Waals surface area (Å²) >= 11 is 6.36. The average molecular weight is 482 g/mol. The summed E-state index contributed by atoms with van der Waals surface area (Å²) in [6.45, 7) is 1.96. The molecule has 0 unspecified atom stereocenters. The Morgan fingerprint density at radius 1 is 1.00 bits per heavy atom. The van der Waals surface area contributed by atoms with Crippen LogP contribution in [0.4, 0.5) is 5.69 Å². The molecule has 3 aromatic carbocycles. The van der Waals surface area contributed by atoms with Gasteiger partial charge in [-0.2, -0.15) is 0 Å². The second-order valence-corrected chi connectivity index (χ2v) is 9.50. The smallest absolute Gasteiger partial charge is 0.264 e. The lowest BCUT2D eigenvalue weighted by atomic mass is 10.0. The summed E-state index contributed by atoms with van der Waals surface area (Å²) in [4.78, 5) is 17.5. The van der Waals surface area contributed by atoms with Crippen molar-refractivity contribution in [1.29, 1.82) is 0 Å². The number of nitrogens with one attached hydrogen (secondary N) is 2. The number of carbonyl (C=O) groups is 1. The van der Waals surface area contributed by atoms with Crippen molar-refractivity contribution in [3.63, 3.8) is 0 Å². The van der Waals surface area contributed by atoms with E-state index in [4.69, 9.17) is 11.6 Å². The molecule has 0 aliphatic rings. The Morgan fingerprint density at radius 3 is 2.48 bits per heavy atom. The quantitative estimate of drug-likeness (QED) is 0.348. The first-order chi connectivity index (χ1) is 15.9. The molecule has 0 spiro atoms. The first-order valence-corrected chi connectivity index (χ1v) is 12.3. The summed E-state index contributed by atoms with van der Waals surface area (Å²) < 4.78 is 29.1. The third kappa shape index (κ3) is 4.84. The highest BCUT2D eigenvalue weighted by atomic mass is 35.5. The van der Waals surface area contributed by atoms with Gasteiger partial charge in [0.1, 0.15) is 4.90 Å². The van der Waals surface area contributed by atoms with Crippen molar-refractivity contribution in [1.82, 2.24) is 10.3 Å². The molecule has 4 rings (SSSR count). The number of hydrogen-bond acceptors (Lipinski definition) is 4. The molecular formula is C25H24ClN3O3S. The molecule has 6 nitrogen and oxygen atoms in total. The Balaban J connectivity index is 0.00000324. The van der Waals surface area contributed by atoms with Gasteiger partial charge in [0.15, 0.2) is 0 Å². The van der Waals surface area contributed by atoms with Crippen LogP contribution in [0.1, 0.15) is 36.7 Å². The Hall–Kier alpha value is -3.42. The Kier molecular flexibility index (Phi) is 6.62. The minimum atomic E-state index is -4.05. The van der Waals surface area contributed by atoms with Crippen molar-refractivity contribution in [3.8, 4) is 0 Å². The highest BCUT2D eigenvalue weighted by molar-refractivity contribution is 7.93. The highest BCUT2D eigenvalue weighted by Gasteiger charge is 2.24. The molecule has 1 atom stereocenters. The summed E-state index contributed by atoms with van der Waals surface area (Å²) in [6, 6.07) is 22.4. The lowest BCUT2D eigenvalue weighted by Crippen LogP contribution is -2.29. The summed E-state index contributed by atoms with van der Waals surface area (Å²) in [7, 11) is -4.05. The van der Waals surface area contributed by atoms with Crippen molar-refractivity contribution in [2.24, 2.45) is 0 Å². The van der Waals surface area contributed by atoms with Gasteiger partial charge in [-0.1, -0.05) is 73.1 Å². The maximum absolute atomic E-state index is 13.3. The molecule has 4 aromatic rings. The van der Waals surface area contributed by atoms with Crippen molar-refractivity contribution < 1.29 is 14.6 Å². The third-order valence-corrected chi connectivity index (χ3v) is 7.00. The fourth-order valence-corrected chi connectivity index (χ4v) is 5.18. The third-order valence-electron chi connectivity index (χ3n) is 5.29. The van der Waals surface area contributed by atoms with E-state index in [0.717, 1.165) is 5.56 Å². The summed E-state index contributed by atoms with van der Waals surface area (Å²) in [5.74, 6) is -0.468. The van der Waals surface area contributed by atoms with Crippen LogP contribution in [-0.4, -0.2) is 19.3 Å². The Labute approximate surface area is 199 Å². The number of benzene rings is 3. The summed E-state index contributed by atoms with van der Waals surface area (Å²) in [6.07, 6.45) is 2.19. The van der Waals surface area contributed by atoms with Crippen LogP contribution in [0.3, 0.4) is 0 Å². The van der Waals surface area contributed by atoms with Crippen molar-refractivity contribution in [2.75, 3.05) is 4.72 Å². The van der Waals surface area contributed by atoms with Crippen molar-refractivity contribution in [3.05, 3.63) is 101 Å². The molecular weight excluding hydrogens is 458 g/mol. The van der Waals surface area contributed by atoms with Gasteiger partial charge in [0.25, 0.3) is 15.9 Å². The second-order valence-electron chi connectivity index (χ2n) is 7.44. The van der Waals surface area contributed by atoms with Gasteiger partial charge in [0, 0.05) is 13.0 Å². The zero-order valence-electron chi connectivity index (χ0n) is 17.8. The maximum Gasteiger partial charge on any atom is 0.264 e. The minimum Gasteiger partial charge on any atom is -0.345 e. The van der Waals surface area contributed by atoms with Crippen LogP contribution in [0.2, 0.25) is 5.02 Å². The predicted molar refractivity (Wildman–Crippen MR) is 133 cm³/mol. The van der Waals surface area contributed by atoms with Gasteiger partial charge in [-0.05, 0) is 36.2 Å². The number of sulfonamides is 1. The number of amides is 1. The molecule has 0 bridgehead atoms. The van der Waals surface area contributed by atoms with Crippen LogP contribution in [0.25, 0.3) is 10.9 Å². The lowest BCUT2D eigenvalue weighted by molar-refractivity contribution is 0.0936. The van der Waals surface area contributed by atoms with E-state index in [2.05, 4.69) is 15.0 Å². The number of halogens is 1. The SMILES string of the molecule is CC[C@H](NC(=O)c1c(Cl)cccc1NS(=O)(=O)c1cccc2cccnc12)c1ccccc1.[HH]. The number of rotatable bonds is 7. The number of nitrogens with zero attached hydrogens (tertiary/aromatic N) is 1. The topological polar surface area (TPSA) is 88.2 Å². The van der Waals surface area contributed by atoms with E-state index < -0.39 is 15.9 Å². The molecule has 0 aliphatic carbocycles. The zero-order valence-corrected chi connectivity index (χ0v) is 19.4. The first-order valence-electron chi connectivity index (χ1n) is 10.4. The van der Waals surface area contributed by atoms with Crippen LogP contribution in [-0.2, 0) is 10.0 Å². The maximum atomic E-state index is 13.3. The number of hydrogen-bond donors (Lipinski definition) is 2. The summed E-state index contributed by atoms with van der Waals surface area (Å²) in [5, 5.41) is 3.80. The van der Waals surface area contributed by atoms with E-state index in [9.17, 15) is 13.2 Å². The average Bonchev–Trinajstić information content (AvgIpc) is 2.82. The van der Waals surface area contributed by atoms with Gasteiger partial charge < -0.3 is 5.32 Å². The van der Waals surface area contributed by atoms with Gasteiger partial charge in [0.2, 0.25) is 0 Å². The number of fused-ring (bicyclic) bond motifs is 1. The number of aromatic nitrogens is 1. The van der Waals surface area contributed by atoms with Crippen LogP contribution in [0.15, 0.2) is 90.0 Å². The van der Waals surface area contributed by atoms with Gasteiger partial charge in [-0.15, -0.1) is 0 Å². The van der Waals surface area contributed by atoms with E-state index in [1.54, 1.807) is 36.4 Å². The Bertz CT molecular complexity index is 1410. The molecule has 8 heteroatoms. The van der Waals surface area contributed by atoms with E-state index in [1.807, 2.05) is 37.3 Å². The molecule has 1 heterocycles. The zero-order chi connectivity index (χ0) is 23.4. The van der Waals surface area contributed by atoms with E-state index >= 15 is 0 Å². The highest BCUT2D eigenvalue weighted by Crippen LogP contribution is 2.29. The second kappa shape index (κ2) is 9.60. The van der Waals surface area contributed by atoms with Gasteiger partial charge in [0.05, 0.1) is 27.8 Å². The summed E-state index contributed by atoms with van der Waals surface area (Å²) in [5.41, 5.74) is 1.45. The number of para-hydroxylation sites is 1. The van der Waals surface area contributed by atoms with Crippen LogP contribution in [0, 0.1) is 0 Å². The fraction of sp³-hybridized carbons (Fsp3) is 0.120. The first kappa shape index (κ1) is 22.8. The molecule has 1 amide bonds. The molecule has 170 valence electrons. The van der Waals surface area contributed by atoms with Crippen molar-refractivity contribution >= 4 is 44.1 Å². The van der Waals surface area contributed by atoms with Crippen LogP contribution < -0.4 is 10.0 Å². The van der Waals surface area contributed by atoms with Gasteiger partial charge in [-0.3, -0.25) is 14.5 Å². The normalized spacial score (nSPS) is 12.3. The fourth-order valence-electron chi connectivity index (χ4n) is 3.67. The van der Waals surface area contributed by atoms with Crippen molar-refractivity contribution in [2.45, 2.75) is 24.3 Å². The Morgan fingerprint density at radius 2 is 1.73 bits per heavy atom. The number of carbonyl (C=O) groups excluding carboxylic acids is 1. The molecule has 0 saturated heterocycles. The molecule has 33 heavy (non-hydrogen) atoms. The monoisotopic (exact) mass is 481 g/mol. The molecule has 2 N–H and O–H groups in total. The van der Waals surface area contributed by atoms with Crippen LogP contribution in [0.5, 0.6) is 0 Å². The van der Waals surface area contributed by atoms with E-state index in [-0.39, 0.29) is 28.6 Å². The molecule has 0 radical (unpaired) electrons. The van der Waals surface area contributed by atoms with Gasteiger partial charge in [-0.25, -0.2) is 8.42 Å². The molecule has 0 fully saturated rings. The molecule has 0 aliphatic heterocycles. The van der Waals surface area contributed by atoms with E-state index in [1.165, 1.54) is 18.3 Å². The number of anilines is 1. The molecule has 1 aromatic heterocycles.